The van der Waals surface area contributed by atoms with Gasteiger partial charge in [-0.3, -0.25) is 9.59 Å². The summed E-state index contributed by atoms with van der Waals surface area (Å²) in [5.74, 6) is -0.725. The van der Waals surface area contributed by atoms with Crippen molar-refractivity contribution in [2.24, 2.45) is 5.92 Å². The Bertz CT molecular complexity index is 491. The maximum Gasteiger partial charge on any atom is 0.306 e. The smallest absolute Gasteiger partial charge is 0.306 e. The molecule has 3 atom stereocenters. The van der Waals surface area contributed by atoms with Crippen LogP contribution in [0.5, 0.6) is 0 Å². The summed E-state index contributed by atoms with van der Waals surface area (Å²) in [7, 11) is 0. The van der Waals surface area contributed by atoms with Gasteiger partial charge in [0.1, 0.15) is 0 Å². The average molecular weight is 415 g/mol. The van der Waals surface area contributed by atoms with Gasteiger partial charge in [-0.2, -0.15) is 11.8 Å². The Hall–Kier alpha value is -1.01. The molecule has 1 rings (SSSR count). The summed E-state index contributed by atoms with van der Waals surface area (Å²) in [6.45, 7) is 4.38. The predicted octanol–water partition coefficient (Wildman–Crippen LogP) is 4.96. The quantitative estimate of drug-likeness (QED) is 0.237. The van der Waals surface area contributed by atoms with E-state index in [2.05, 4.69) is 13.0 Å². The maximum atomic E-state index is 11.6. The molecule has 0 aromatic heterocycles. The Morgan fingerprint density at radius 2 is 1.89 bits per heavy atom. The molecule has 1 saturated carbocycles. The Balaban J connectivity index is 2.58. The van der Waals surface area contributed by atoms with E-state index in [1.807, 2.05) is 0 Å². The molecule has 0 bridgehead atoms. The summed E-state index contributed by atoms with van der Waals surface area (Å²) >= 11 is 1.56. The van der Waals surface area contributed by atoms with Crippen molar-refractivity contribution in [2.45, 2.75) is 95.8 Å². The molecule has 0 saturated heterocycles. The van der Waals surface area contributed by atoms with E-state index in [1.165, 1.54) is 37.7 Å². The number of unbranched alkanes of at least 4 members (excludes halogenated alkanes) is 6. The first-order valence-electron chi connectivity index (χ1n) is 10.9. The van der Waals surface area contributed by atoms with E-state index in [9.17, 15) is 14.7 Å². The molecular weight excluding hydrogens is 376 g/mol. The highest BCUT2D eigenvalue weighted by molar-refractivity contribution is 8.00. The van der Waals surface area contributed by atoms with E-state index >= 15 is 0 Å². The number of aliphatic hydroxyl groups excluding tert-OH is 1. The van der Waals surface area contributed by atoms with Gasteiger partial charge in [0, 0.05) is 5.75 Å². The van der Waals surface area contributed by atoms with Crippen LogP contribution in [0.4, 0.5) is 0 Å². The first kappa shape index (κ1) is 25.0. The second-order valence-corrected chi connectivity index (χ2v) is 8.82. The Kier molecular flexibility index (Phi) is 13.3. The van der Waals surface area contributed by atoms with Crippen molar-refractivity contribution in [1.82, 2.24) is 0 Å². The maximum absolute atomic E-state index is 11.6. The second-order valence-electron chi connectivity index (χ2n) is 7.57. The van der Waals surface area contributed by atoms with Crippen LogP contribution >= 0.6 is 11.8 Å². The lowest BCUT2D eigenvalue weighted by atomic mass is 9.80. The summed E-state index contributed by atoms with van der Waals surface area (Å²) in [6, 6.07) is 0. The third-order valence-electron chi connectivity index (χ3n) is 5.27. The summed E-state index contributed by atoms with van der Waals surface area (Å²) in [5, 5.41) is 19.8. The van der Waals surface area contributed by atoms with Gasteiger partial charge in [0.25, 0.3) is 0 Å². The van der Waals surface area contributed by atoms with E-state index in [4.69, 9.17) is 9.84 Å². The number of carboxylic acids is 1. The predicted molar refractivity (Wildman–Crippen MR) is 115 cm³/mol. The zero-order valence-electron chi connectivity index (χ0n) is 17.5. The summed E-state index contributed by atoms with van der Waals surface area (Å²) in [6.07, 6.45) is 12.0. The van der Waals surface area contributed by atoms with Gasteiger partial charge in [0.2, 0.25) is 0 Å². The fourth-order valence-corrected chi connectivity index (χ4v) is 5.10. The lowest BCUT2D eigenvalue weighted by molar-refractivity contribution is -0.142. The van der Waals surface area contributed by atoms with Gasteiger partial charge in [0.05, 0.1) is 30.8 Å². The molecule has 1 aliphatic rings. The fourth-order valence-electron chi connectivity index (χ4n) is 3.72. The minimum atomic E-state index is -0.862. The number of esters is 1. The summed E-state index contributed by atoms with van der Waals surface area (Å²) < 4.78 is 4.97. The molecule has 2 N–H and O–H groups in total. The Morgan fingerprint density at radius 1 is 1.18 bits per heavy atom. The number of carboxylic acid groups (broad SMARTS) is 1. The first-order chi connectivity index (χ1) is 13.5. The lowest BCUT2D eigenvalue weighted by Gasteiger charge is -2.36. The zero-order chi connectivity index (χ0) is 20.8. The van der Waals surface area contributed by atoms with E-state index < -0.39 is 12.1 Å². The number of allylic oxidation sites excluding steroid dienone is 1. The number of carbonyl (C=O) groups is 2. The van der Waals surface area contributed by atoms with Gasteiger partial charge >= 0.3 is 11.9 Å². The van der Waals surface area contributed by atoms with E-state index in [0.29, 0.717) is 25.2 Å². The molecule has 162 valence electrons. The number of hydrogen-bond donors (Lipinski definition) is 2. The number of ether oxygens (including phenoxy) is 1. The molecule has 0 spiro atoms. The molecule has 0 amide bonds. The third kappa shape index (κ3) is 9.97. The van der Waals surface area contributed by atoms with Crippen LogP contribution in [0.2, 0.25) is 0 Å². The summed E-state index contributed by atoms with van der Waals surface area (Å²) in [5.41, 5.74) is 1.22. The number of thioether (sulfide) groups is 1. The molecular formula is C22H38O5S. The van der Waals surface area contributed by atoms with Crippen LogP contribution in [-0.2, 0) is 14.3 Å². The van der Waals surface area contributed by atoms with Gasteiger partial charge in [-0.05, 0) is 38.5 Å². The van der Waals surface area contributed by atoms with Crippen molar-refractivity contribution in [3.8, 4) is 0 Å². The van der Waals surface area contributed by atoms with Crippen LogP contribution in [0.25, 0.3) is 0 Å². The molecule has 1 fully saturated rings. The average Bonchev–Trinajstić information content (AvgIpc) is 2.65. The minimum Gasteiger partial charge on any atom is -0.481 e. The number of rotatable bonds is 14. The molecule has 0 radical (unpaired) electrons. The molecule has 0 aromatic carbocycles. The minimum absolute atomic E-state index is 0.000805. The van der Waals surface area contributed by atoms with E-state index in [1.54, 1.807) is 18.7 Å². The SMILES string of the molecule is CCCCCCCCC=C1CCC(CC(=O)O)C(O)C1SCCC(=O)OCC. The van der Waals surface area contributed by atoms with Crippen LogP contribution in [0.1, 0.15) is 84.5 Å². The molecule has 5 nitrogen and oxygen atoms in total. The highest BCUT2D eigenvalue weighted by Crippen LogP contribution is 2.38. The van der Waals surface area contributed by atoms with Gasteiger partial charge in [-0.1, -0.05) is 50.7 Å². The third-order valence-corrected chi connectivity index (χ3v) is 6.65. The fraction of sp³-hybridized carbons (Fsp3) is 0.818. The molecule has 0 heterocycles. The number of aliphatic hydroxyl groups is 1. The van der Waals surface area contributed by atoms with Crippen molar-refractivity contribution in [1.29, 1.82) is 0 Å². The van der Waals surface area contributed by atoms with Crippen molar-refractivity contribution in [2.75, 3.05) is 12.4 Å². The molecule has 0 aliphatic heterocycles. The van der Waals surface area contributed by atoms with Gasteiger partial charge in [-0.25, -0.2) is 0 Å². The van der Waals surface area contributed by atoms with Crippen LogP contribution in [0, 0.1) is 5.92 Å². The first-order valence-corrected chi connectivity index (χ1v) is 11.9. The highest BCUT2D eigenvalue weighted by atomic mass is 32.2. The van der Waals surface area contributed by atoms with Crippen LogP contribution in [0.3, 0.4) is 0 Å². The molecule has 1 aliphatic carbocycles. The molecule has 0 aromatic rings. The van der Waals surface area contributed by atoms with Crippen molar-refractivity contribution >= 4 is 23.7 Å². The lowest BCUT2D eigenvalue weighted by Crippen LogP contribution is -2.38. The number of carbonyl (C=O) groups excluding carboxylic acids is 1. The zero-order valence-corrected chi connectivity index (χ0v) is 18.3. The monoisotopic (exact) mass is 414 g/mol. The molecule has 6 heteroatoms. The molecule has 3 unspecified atom stereocenters. The molecule has 28 heavy (non-hydrogen) atoms. The second kappa shape index (κ2) is 14.9. The van der Waals surface area contributed by atoms with E-state index in [-0.39, 0.29) is 23.6 Å². The Morgan fingerprint density at radius 3 is 2.57 bits per heavy atom. The van der Waals surface area contributed by atoms with Crippen molar-refractivity contribution < 1.29 is 24.5 Å². The van der Waals surface area contributed by atoms with Crippen LogP contribution in [-0.4, -0.2) is 45.9 Å². The van der Waals surface area contributed by atoms with E-state index in [0.717, 1.165) is 19.3 Å². The van der Waals surface area contributed by atoms with Gasteiger partial charge < -0.3 is 14.9 Å². The number of aliphatic carboxylic acids is 1. The largest absolute Gasteiger partial charge is 0.481 e. The summed E-state index contributed by atoms with van der Waals surface area (Å²) in [4.78, 5) is 22.7. The topological polar surface area (TPSA) is 83.8 Å². The van der Waals surface area contributed by atoms with Crippen molar-refractivity contribution in [3.05, 3.63) is 11.6 Å². The van der Waals surface area contributed by atoms with Crippen LogP contribution < -0.4 is 0 Å². The normalized spacial score (nSPS) is 23.7. The van der Waals surface area contributed by atoms with Crippen molar-refractivity contribution in [3.63, 3.8) is 0 Å². The van der Waals surface area contributed by atoms with Gasteiger partial charge in [0.15, 0.2) is 0 Å². The Labute approximate surface area is 174 Å². The van der Waals surface area contributed by atoms with Gasteiger partial charge in [-0.15, -0.1) is 0 Å². The van der Waals surface area contributed by atoms with Crippen LogP contribution in [0.15, 0.2) is 11.6 Å². The standard InChI is InChI=1S/C22H38O5S/c1-3-5-6-7-8-9-10-11-17-12-13-18(16-19(23)24)21(26)22(17)28-15-14-20(25)27-4-2/h11,18,21-22,26H,3-10,12-16H2,1-2H3,(H,23,24). The number of hydrogen-bond acceptors (Lipinski definition) is 5. The highest BCUT2D eigenvalue weighted by Gasteiger charge is 2.36.